The van der Waals surface area contributed by atoms with Gasteiger partial charge in [-0.3, -0.25) is 4.79 Å². The zero-order valence-electron chi connectivity index (χ0n) is 41.0. The largest absolute Gasteiger partial charge is 0.478 e. The number of hydrogen-bond donors (Lipinski definition) is 2. The Morgan fingerprint density at radius 1 is 0.472 bits per heavy atom. The number of primary amides is 1. The molecule has 3 N–H and O–H groups in total. The van der Waals surface area contributed by atoms with Crippen LogP contribution in [0.3, 0.4) is 0 Å². The van der Waals surface area contributed by atoms with E-state index in [9.17, 15) is 14.7 Å². The fourth-order valence-electron chi connectivity index (χ4n) is 11.4. The monoisotopic (exact) mass is 951 g/mol. The molecule has 12 heteroatoms. The Kier molecular flexibility index (Phi) is 12.2. The zero-order chi connectivity index (χ0) is 49.6. The molecule has 2 aliphatic heterocycles. The van der Waals surface area contributed by atoms with E-state index in [1.165, 1.54) is 49.9 Å². The molecule has 0 radical (unpaired) electrons. The molecule has 0 spiro atoms. The van der Waals surface area contributed by atoms with Crippen LogP contribution < -0.4 is 15.5 Å². The van der Waals surface area contributed by atoms with Gasteiger partial charge in [-0.25, -0.2) is 23.8 Å². The van der Waals surface area contributed by atoms with Crippen molar-refractivity contribution in [3.8, 4) is 44.5 Å². The molecule has 0 saturated carbocycles. The summed E-state index contributed by atoms with van der Waals surface area (Å²) in [5.74, 6) is -1.37. The number of carboxylic acids is 1. The predicted octanol–water partition coefficient (Wildman–Crippen LogP) is 12.8. The average molecular weight is 952 g/mol. The van der Waals surface area contributed by atoms with Gasteiger partial charge in [0.1, 0.15) is 0 Å². The van der Waals surface area contributed by atoms with Crippen LogP contribution in [0.5, 0.6) is 0 Å². The van der Waals surface area contributed by atoms with E-state index in [2.05, 4.69) is 96.2 Å². The first-order valence-corrected chi connectivity index (χ1v) is 25.0. The van der Waals surface area contributed by atoms with Crippen LogP contribution in [0.2, 0.25) is 0 Å². The summed E-state index contributed by atoms with van der Waals surface area (Å²) in [7, 11) is 0. The molecule has 4 atom stereocenters. The number of rotatable bonds is 8. The molecule has 12 rings (SSSR count). The Hall–Kier alpha value is -8.38. The highest BCUT2D eigenvalue weighted by molar-refractivity contribution is 6.12. The summed E-state index contributed by atoms with van der Waals surface area (Å²) in [6.45, 7) is 9.27. The summed E-state index contributed by atoms with van der Waals surface area (Å²) in [6, 6.07) is 42.3. The summed E-state index contributed by atoms with van der Waals surface area (Å²) in [4.78, 5) is 38.3. The van der Waals surface area contributed by atoms with E-state index in [0.717, 1.165) is 72.0 Å². The Morgan fingerprint density at radius 3 is 1.26 bits per heavy atom. The summed E-state index contributed by atoms with van der Waals surface area (Å²) >= 11 is 0. The molecule has 12 nitrogen and oxygen atoms in total. The summed E-state index contributed by atoms with van der Waals surface area (Å²) in [6.07, 6.45) is 19.0. The van der Waals surface area contributed by atoms with Gasteiger partial charge in [-0.1, -0.05) is 84.9 Å². The standard InChI is InChI=1S/C30H29N5O.C30H28N4O2/c1-19-6-5-7-20(2)35(19)23-12-10-21(11-13-23)22-16-32-30-28(17-33-34(30)18-22)26-14-15-27(29(31)36)25-9-4-3-8-24(25)26;1-19-6-5-7-20(2)34(19)23-12-10-21(11-13-23)22-16-31-29-28(17-32-33(29)18-22)26-14-15-27(30(35)36)25-9-4-3-8-24(25)26/h3-4,8-20H,5-7H2,1-2H3,(H2,31,36);3-4,8-20H,5-7H2,1-2H3,(H,35,36)/t2*19-,20+. The molecule has 2 fully saturated rings. The number of piperidine rings is 2. The highest BCUT2D eigenvalue weighted by Crippen LogP contribution is 2.37. The molecule has 360 valence electrons. The maximum absolute atomic E-state index is 11.9. The fourth-order valence-corrected chi connectivity index (χ4v) is 11.4. The fraction of sp³-hybridized carbons (Fsp3) is 0.233. The van der Waals surface area contributed by atoms with Crippen molar-refractivity contribution < 1.29 is 14.7 Å². The number of benzene rings is 6. The average Bonchev–Trinajstić information content (AvgIpc) is 4.02. The smallest absolute Gasteiger partial charge is 0.336 e. The van der Waals surface area contributed by atoms with E-state index in [1.54, 1.807) is 22.8 Å². The summed E-state index contributed by atoms with van der Waals surface area (Å²) in [5.41, 5.74) is 18.3. The van der Waals surface area contributed by atoms with Crippen LogP contribution >= 0.6 is 0 Å². The highest BCUT2D eigenvalue weighted by atomic mass is 16.4. The lowest BCUT2D eigenvalue weighted by atomic mass is 9.96. The van der Waals surface area contributed by atoms with Crippen LogP contribution in [0.25, 0.3) is 77.3 Å². The zero-order valence-corrected chi connectivity index (χ0v) is 41.0. The van der Waals surface area contributed by atoms with Crippen molar-refractivity contribution in [2.75, 3.05) is 9.80 Å². The molecular weight excluding hydrogens is 895 g/mol. The Labute approximate surface area is 418 Å². The summed E-state index contributed by atoms with van der Waals surface area (Å²) in [5, 5.41) is 22.2. The molecular formula is C60H57N9O3. The van der Waals surface area contributed by atoms with Crippen molar-refractivity contribution in [3.63, 3.8) is 0 Å². The van der Waals surface area contributed by atoms with Crippen LogP contribution in [0, 0.1) is 0 Å². The quantitative estimate of drug-likeness (QED) is 0.152. The predicted molar refractivity (Wildman–Crippen MR) is 289 cm³/mol. The minimum absolute atomic E-state index is 0.290. The molecule has 1 amide bonds. The lowest BCUT2D eigenvalue weighted by molar-refractivity contribution is 0.0698. The van der Waals surface area contributed by atoms with Gasteiger partial charge >= 0.3 is 5.97 Å². The van der Waals surface area contributed by atoms with Crippen molar-refractivity contribution in [2.24, 2.45) is 5.73 Å². The topological polar surface area (TPSA) is 147 Å². The van der Waals surface area contributed by atoms with Gasteiger partial charge < -0.3 is 20.6 Å². The van der Waals surface area contributed by atoms with E-state index in [-0.39, 0.29) is 5.56 Å². The third-order valence-electron chi connectivity index (χ3n) is 15.0. The van der Waals surface area contributed by atoms with E-state index in [4.69, 9.17) is 15.7 Å². The second kappa shape index (κ2) is 19.1. The number of nitrogens with zero attached hydrogens (tertiary/aromatic N) is 8. The maximum atomic E-state index is 11.9. The number of carbonyl (C=O) groups excluding carboxylic acids is 1. The Balaban J connectivity index is 0.000000156. The van der Waals surface area contributed by atoms with Crippen LogP contribution in [0.15, 0.2) is 159 Å². The van der Waals surface area contributed by atoms with Crippen LogP contribution in [-0.2, 0) is 0 Å². The number of nitrogens with two attached hydrogens (primary N) is 1. The SMILES string of the molecule is C[C@@H]1CCC[C@H](C)N1c1ccc(-c2cnc3c(-c4ccc(C(=O)O)c5ccccc45)cnn3c2)cc1.C[C@@H]1CCC[C@H](C)N1c1ccc(-c2cnc3c(-c4ccc(C(N)=O)c5ccccc45)cnn3c2)cc1. The minimum atomic E-state index is -0.935. The second-order valence-corrected chi connectivity index (χ2v) is 19.6. The van der Waals surface area contributed by atoms with Gasteiger partial charge in [0, 0.05) is 88.1 Å². The van der Waals surface area contributed by atoms with Crippen molar-refractivity contribution in [2.45, 2.75) is 90.4 Å². The molecule has 0 aliphatic carbocycles. The van der Waals surface area contributed by atoms with Gasteiger partial charge in [0.05, 0.1) is 18.0 Å². The normalized spacial score (nSPS) is 18.1. The first-order chi connectivity index (χ1) is 35.0. The second-order valence-electron chi connectivity index (χ2n) is 19.6. The van der Waals surface area contributed by atoms with E-state index in [1.807, 2.05) is 96.2 Å². The Bertz CT molecular complexity index is 3400. The molecule has 4 aromatic heterocycles. The van der Waals surface area contributed by atoms with Gasteiger partial charge in [0.25, 0.3) is 0 Å². The van der Waals surface area contributed by atoms with Crippen molar-refractivity contribution in [3.05, 3.63) is 170 Å². The minimum Gasteiger partial charge on any atom is -0.478 e. The third kappa shape index (κ3) is 8.46. The molecule has 10 aromatic rings. The number of hydrogen-bond acceptors (Lipinski definition) is 8. The lowest BCUT2D eigenvalue weighted by Gasteiger charge is -2.41. The molecule has 72 heavy (non-hydrogen) atoms. The summed E-state index contributed by atoms with van der Waals surface area (Å²) < 4.78 is 3.62. The maximum Gasteiger partial charge on any atom is 0.336 e. The highest BCUT2D eigenvalue weighted by Gasteiger charge is 2.26. The molecule has 0 bridgehead atoms. The number of fused-ring (bicyclic) bond motifs is 4. The molecule has 0 unspecified atom stereocenters. The lowest BCUT2D eigenvalue weighted by Crippen LogP contribution is -2.43. The first kappa shape index (κ1) is 46.0. The van der Waals surface area contributed by atoms with Crippen LogP contribution in [0.4, 0.5) is 11.4 Å². The van der Waals surface area contributed by atoms with Gasteiger partial charge in [-0.15, -0.1) is 0 Å². The number of amides is 1. The molecule has 6 aromatic carbocycles. The molecule has 2 aliphatic rings. The van der Waals surface area contributed by atoms with Crippen LogP contribution in [0.1, 0.15) is 86.9 Å². The number of carboxylic acid groups (broad SMARTS) is 1. The third-order valence-corrected chi connectivity index (χ3v) is 15.0. The van der Waals surface area contributed by atoms with Gasteiger partial charge in [0.15, 0.2) is 11.3 Å². The van der Waals surface area contributed by atoms with E-state index >= 15 is 0 Å². The Morgan fingerprint density at radius 2 is 0.861 bits per heavy atom. The van der Waals surface area contributed by atoms with Crippen molar-refractivity contribution in [1.29, 1.82) is 0 Å². The van der Waals surface area contributed by atoms with E-state index in [0.29, 0.717) is 35.1 Å². The number of carbonyl (C=O) groups is 2. The molecule has 6 heterocycles. The van der Waals surface area contributed by atoms with Crippen molar-refractivity contribution in [1.82, 2.24) is 29.2 Å². The number of anilines is 2. The van der Waals surface area contributed by atoms with Gasteiger partial charge in [0.2, 0.25) is 5.91 Å². The number of aromatic carboxylic acids is 1. The van der Waals surface area contributed by atoms with Gasteiger partial charge in [-0.2, -0.15) is 10.2 Å². The van der Waals surface area contributed by atoms with Gasteiger partial charge in [-0.05, 0) is 146 Å². The molecule has 2 saturated heterocycles. The first-order valence-electron chi connectivity index (χ1n) is 25.0. The van der Waals surface area contributed by atoms with Crippen molar-refractivity contribution >= 4 is 56.1 Å². The van der Waals surface area contributed by atoms with Crippen LogP contribution in [-0.4, -0.2) is 70.3 Å². The van der Waals surface area contributed by atoms with E-state index < -0.39 is 11.9 Å². The number of aromatic nitrogens is 6.